The van der Waals surface area contributed by atoms with Gasteiger partial charge in [0, 0.05) is 0 Å². The van der Waals surface area contributed by atoms with Crippen molar-refractivity contribution in [1.29, 1.82) is 0 Å². The van der Waals surface area contributed by atoms with E-state index in [2.05, 4.69) is 12.1 Å². The Labute approximate surface area is 48.1 Å². The highest BCUT2D eigenvalue weighted by molar-refractivity contribution is 5.62. The van der Waals surface area contributed by atoms with Gasteiger partial charge in [-0.25, -0.2) is 0 Å². The van der Waals surface area contributed by atoms with Gasteiger partial charge < -0.3 is 0 Å². The predicted molar refractivity (Wildman–Crippen MR) is 30.9 cm³/mol. The number of rotatable bonds is 0. The average Bonchev–Trinajstić information content (AvgIpc) is 2.59. The zero-order valence-corrected chi connectivity index (χ0v) is 4.49. The fourth-order valence-corrected chi connectivity index (χ4v) is 1.32. The Morgan fingerprint density at radius 1 is 1.25 bits per heavy atom. The lowest BCUT2D eigenvalue weighted by Gasteiger charge is -1.67. The van der Waals surface area contributed by atoms with Gasteiger partial charge in [-0.2, -0.15) is 0 Å². The molecule has 2 aliphatic carbocycles. The first-order chi connectivity index (χ1) is 3.95. The predicted octanol–water partition coefficient (Wildman–Crippen LogP) is 1.30. The molecule has 37 valence electrons. The lowest BCUT2D eigenvalue weighted by molar-refractivity contribution is 1.51. The van der Waals surface area contributed by atoms with E-state index >= 15 is 0 Å². The first-order valence-electron chi connectivity index (χ1n) is 2.99. The van der Waals surface area contributed by atoms with E-state index in [0.29, 0.717) is 0 Å². The van der Waals surface area contributed by atoms with Crippen LogP contribution in [0.1, 0.15) is 22.3 Å². The van der Waals surface area contributed by atoms with Gasteiger partial charge >= 0.3 is 0 Å². The zero-order valence-electron chi connectivity index (χ0n) is 4.49. The summed E-state index contributed by atoms with van der Waals surface area (Å²) in [4.78, 5) is 0. The Morgan fingerprint density at radius 2 is 2.25 bits per heavy atom. The van der Waals surface area contributed by atoms with Crippen LogP contribution < -0.4 is 0 Å². The summed E-state index contributed by atoms with van der Waals surface area (Å²) in [6.07, 6.45) is 2.52. The summed E-state index contributed by atoms with van der Waals surface area (Å²) >= 11 is 0. The largest absolute Gasteiger partial charge is 0.0502 e. The van der Waals surface area contributed by atoms with Crippen LogP contribution in [0.15, 0.2) is 6.07 Å². The molecule has 1 aromatic carbocycles. The molecule has 0 nitrogen and oxygen atoms in total. The van der Waals surface area contributed by atoms with Gasteiger partial charge in [-0.1, -0.05) is 6.07 Å². The van der Waals surface area contributed by atoms with Crippen LogP contribution in [0.5, 0.6) is 0 Å². The van der Waals surface area contributed by atoms with Crippen molar-refractivity contribution in [2.45, 2.75) is 12.8 Å². The van der Waals surface area contributed by atoms with E-state index < -0.39 is 0 Å². The number of benzene rings is 1. The van der Waals surface area contributed by atoms with Gasteiger partial charge in [0.25, 0.3) is 0 Å². The lowest BCUT2D eigenvalue weighted by Crippen LogP contribution is -1.50. The Kier molecular flexibility index (Phi) is 0.301. The minimum atomic E-state index is 1.25. The van der Waals surface area contributed by atoms with Crippen molar-refractivity contribution in [2.24, 2.45) is 0 Å². The van der Waals surface area contributed by atoms with Crippen molar-refractivity contribution in [3.8, 4) is 0 Å². The maximum atomic E-state index is 3.24. The van der Waals surface area contributed by atoms with Crippen LogP contribution in [-0.4, -0.2) is 0 Å². The second-order valence-corrected chi connectivity index (χ2v) is 2.60. The maximum absolute atomic E-state index is 3.24. The Bertz CT molecular complexity index is 243. The molecule has 0 saturated heterocycles. The van der Waals surface area contributed by atoms with Gasteiger partial charge in [0.05, 0.1) is 0 Å². The molecular weight excluding hydrogens is 96.1 g/mol. The summed E-state index contributed by atoms with van der Waals surface area (Å²) in [6.45, 7) is 0. The van der Waals surface area contributed by atoms with Crippen LogP contribution in [-0.2, 0) is 12.8 Å². The monoisotopic (exact) mass is 101 g/mol. The quantitative estimate of drug-likeness (QED) is 0.400. The standard InChI is InChI=1S/C8H5/c1-2-6-4-8(6)7-3-5(1)7/h1H,3-4H2. The molecule has 0 amide bonds. The lowest BCUT2D eigenvalue weighted by atomic mass is 10.4. The molecule has 0 unspecified atom stereocenters. The third-order valence-corrected chi connectivity index (χ3v) is 2.01. The van der Waals surface area contributed by atoms with Crippen LogP contribution in [0.4, 0.5) is 0 Å². The molecule has 0 aromatic heterocycles. The number of hydrogen-bond acceptors (Lipinski definition) is 0. The molecule has 0 atom stereocenters. The summed E-state index contributed by atoms with van der Waals surface area (Å²) in [7, 11) is 0. The van der Waals surface area contributed by atoms with Crippen LogP contribution in [0.2, 0.25) is 0 Å². The van der Waals surface area contributed by atoms with Crippen molar-refractivity contribution in [1.82, 2.24) is 0 Å². The van der Waals surface area contributed by atoms with Gasteiger partial charge in [-0.3, -0.25) is 0 Å². The zero-order chi connectivity index (χ0) is 5.14. The number of hydrogen-bond donors (Lipinski definition) is 0. The molecule has 3 rings (SSSR count). The fraction of sp³-hybridized carbons (Fsp3) is 0.250. The minimum absolute atomic E-state index is 1.25. The first kappa shape index (κ1) is 3.29. The minimum Gasteiger partial charge on any atom is -0.0502 e. The number of fused-ring (bicyclic) bond motifs is 3. The maximum Gasteiger partial charge on any atom is -0.00106 e. The summed E-state index contributed by atoms with van der Waals surface area (Å²) in [5.74, 6) is 0. The summed E-state index contributed by atoms with van der Waals surface area (Å²) in [6, 6.07) is 5.38. The first-order valence-corrected chi connectivity index (χ1v) is 2.99. The third kappa shape index (κ3) is 0.227. The van der Waals surface area contributed by atoms with Crippen molar-refractivity contribution in [3.63, 3.8) is 0 Å². The van der Waals surface area contributed by atoms with Crippen molar-refractivity contribution in [2.75, 3.05) is 0 Å². The molecule has 0 aliphatic heterocycles. The van der Waals surface area contributed by atoms with E-state index in [1.165, 1.54) is 18.4 Å². The van der Waals surface area contributed by atoms with E-state index in [9.17, 15) is 0 Å². The van der Waals surface area contributed by atoms with Crippen LogP contribution in [0.3, 0.4) is 0 Å². The van der Waals surface area contributed by atoms with Gasteiger partial charge in [0.2, 0.25) is 0 Å². The third-order valence-electron chi connectivity index (χ3n) is 2.01. The summed E-state index contributed by atoms with van der Waals surface area (Å²) in [5, 5.41) is 0. The van der Waals surface area contributed by atoms with E-state index in [0.717, 1.165) is 0 Å². The molecule has 0 heterocycles. The molecule has 0 bridgehead atoms. The molecule has 1 radical (unpaired) electrons. The molecular formula is C8H5. The fourth-order valence-electron chi connectivity index (χ4n) is 1.32. The summed E-state index contributed by atoms with van der Waals surface area (Å²) < 4.78 is 0. The molecule has 0 heteroatoms. The molecule has 2 aliphatic rings. The van der Waals surface area contributed by atoms with Crippen LogP contribution >= 0.6 is 0 Å². The van der Waals surface area contributed by atoms with Gasteiger partial charge in [-0.15, -0.1) is 0 Å². The second-order valence-electron chi connectivity index (χ2n) is 2.60. The summed E-state index contributed by atoms with van der Waals surface area (Å²) in [5.41, 5.74) is 6.27. The second kappa shape index (κ2) is 0.732. The molecule has 1 aromatic rings. The van der Waals surface area contributed by atoms with Gasteiger partial charge in [-0.05, 0) is 41.2 Å². The smallest absolute Gasteiger partial charge is 0.00106 e. The average molecular weight is 101 g/mol. The highest BCUT2D eigenvalue weighted by atomic mass is 14.3. The van der Waals surface area contributed by atoms with E-state index in [4.69, 9.17) is 0 Å². The molecule has 0 saturated carbocycles. The Balaban J connectivity index is 2.55. The van der Waals surface area contributed by atoms with E-state index in [1.54, 1.807) is 16.7 Å². The molecule has 0 spiro atoms. The Morgan fingerprint density at radius 3 is 3.12 bits per heavy atom. The van der Waals surface area contributed by atoms with Crippen molar-refractivity contribution < 1.29 is 0 Å². The SMILES string of the molecule is [c]1cc2c(c3c1C3)C2. The van der Waals surface area contributed by atoms with Crippen molar-refractivity contribution >= 4 is 0 Å². The van der Waals surface area contributed by atoms with E-state index in [-0.39, 0.29) is 0 Å². The Hall–Kier alpha value is -0.780. The molecule has 0 fully saturated rings. The topological polar surface area (TPSA) is 0 Å². The van der Waals surface area contributed by atoms with Crippen molar-refractivity contribution in [3.05, 3.63) is 34.4 Å². The normalized spacial score (nSPS) is 17.0. The van der Waals surface area contributed by atoms with Gasteiger partial charge in [0.1, 0.15) is 0 Å². The van der Waals surface area contributed by atoms with Crippen LogP contribution in [0.25, 0.3) is 0 Å². The van der Waals surface area contributed by atoms with Gasteiger partial charge in [0.15, 0.2) is 0 Å². The highest BCUT2D eigenvalue weighted by Crippen LogP contribution is 2.42. The highest BCUT2D eigenvalue weighted by Gasteiger charge is 2.30. The van der Waals surface area contributed by atoms with E-state index in [1.807, 2.05) is 0 Å². The molecule has 8 heavy (non-hydrogen) atoms. The van der Waals surface area contributed by atoms with Crippen LogP contribution in [0, 0.1) is 6.07 Å². The molecule has 0 N–H and O–H groups in total.